The summed E-state index contributed by atoms with van der Waals surface area (Å²) in [5, 5.41) is 4.66. The second-order valence-electron chi connectivity index (χ2n) is 2.56. The summed E-state index contributed by atoms with van der Waals surface area (Å²) in [7, 11) is -3.86. The molecule has 1 heterocycles. The first-order valence-corrected chi connectivity index (χ1v) is 5.03. The van der Waals surface area contributed by atoms with E-state index in [0.717, 1.165) is 11.3 Å². The van der Waals surface area contributed by atoms with Crippen LogP contribution < -0.4 is 5.14 Å². The molecule has 13 heavy (non-hydrogen) atoms. The maximum atomic E-state index is 10.4. The van der Waals surface area contributed by atoms with Crippen molar-refractivity contribution < 1.29 is 12.6 Å². The zero-order chi connectivity index (χ0) is 9.90. The quantitative estimate of drug-likeness (QED) is 0.754. The molecule has 72 valence electrons. The van der Waals surface area contributed by atoms with Crippen LogP contribution in [0.4, 0.5) is 0 Å². The number of aromatic nitrogens is 1. The third kappa shape index (κ3) is 3.97. The third-order valence-corrected chi connectivity index (χ3v) is 1.80. The summed E-state index contributed by atoms with van der Waals surface area (Å²) in [4.78, 5) is 3.95. The van der Waals surface area contributed by atoms with Gasteiger partial charge in [0.25, 0.3) is 0 Å². The fourth-order valence-electron chi connectivity index (χ4n) is 0.844. The van der Waals surface area contributed by atoms with E-state index in [1.807, 2.05) is 0 Å². The summed E-state index contributed by atoms with van der Waals surface area (Å²) in [6.07, 6.45) is 1.58. The summed E-state index contributed by atoms with van der Waals surface area (Å²) >= 11 is 0. The molecule has 6 heteroatoms. The van der Waals surface area contributed by atoms with Gasteiger partial charge in [-0.25, -0.2) is 5.14 Å². The van der Waals surface area contributed by atoms with Crippen LogP contribution in [0.15, 0.2) is 18.3 Å². The lowest BCUT2D eigenvalue weighted by molar-refractivity contribution is 0.308. The van der Waals surface area contributed by atoms with E-state index in [1.165, 1.54) is 0 Å². The second-order valence-corrected chi connectivity index (χ2v) is 3.78. The van der Waals surface area contributed by atoms with E-state index in [9.17, 15) is 8.42 Å². The van der Waals surface area contributed by atoms with Crippen molar-refractivity contribution in [3.63, 3.8) is 0 Å². The molecular formula is C7H10N2O3S. The molecule has 0 saturated carbocycles. The van der Waals surface area contributed by atoms with Gasteiger partial charge in [-0.15, -0.1) is 0 Å². The van der Waals surface area contributed by atoms with Gasteiger partial charge in [-0.2, -0.15) is 8.42 Å². The van der Waals surface area contributed by atoms with Crippen molar-refractivity contribution in [1.29, 1.82) is 0 Å². The van der Waals surface area contributed by atoms with Gasteiger partial charge in [-0.05, 0) is 24.6 Å². The SMILES string of the molecule is Cc1cc(COS(N)(=O)=O)ccn1. The van der Waals surface area contributed by atoms with Crippen LogP contribution >= 0.6 is 0 Å². The van der Waals surface area contributed by atoms with E-state index in [2.05, 4.69) is 14.3 Å². The van der Waals surface area contributed by atoms with Crippen molar-refractivity contribution in [1.82, 2.24) is 4.98 Å². The topological polar surface area (TPSA) is 82.3 Å². The molecule has 0 atom stereocenters. The van der Waals surface area contributed by atoms with Crippen LogP contribution in [0.25, 0.3) is 0 Å². The molecular weight excluding hydrogens is 192 g/mol. The summed E-state index contributed by atoms with van der Waals surface area (Å²) in [6, 6.07) is 3.39. The highest BCUT2D eigenvalue weighted by Crippen LogP contribution is 2.03. The molecule has 0 unspecified atom stereocenters. The zero-order valence-electron chi connectivity index (χ0n) is 7.10. The Bertz CT molecular complexity index is 388. The van der Waals surface area contributed by atoms with Crippen LogP contribution in [0.5, 0.6) is 0 Å². The van der Waals surface area contributed by atoms with E-state index in [0.29, 0.717) is 0 Å². The van der Waals surface area contributed by atoms with E-state index < -0.39 is 10.3 Å². The Morgan fingerprint density at radius 3 is 2.85 bits per heavy atom. The standard InChI is InChI=1S/C7H10N2O3S/c1-6-4-7(2-3-9-6)5-12-13(8,10)11/h2-4H,5H2,1H3,(H2,8,10,11). The predicted molar refractivity (Wildman–Crippen MR) is 46.9 cm³/mol. The highest BCUT2D eigenvalue weighted by atomic mass is 32.2. The maximum absolute atomic E-state index is 10.4. The minimum atomic E-state index is -3.86. The molecule has 1 rings (SSSR count). The highest BCUT2D eigenvalue weighted by molar-refractivity contribution is 7.84. The third-order valence-electron chi connectivity index (χ3n) is 1.35. The van der Waals surface area contributed by atoms with Gasteiger partial charge >= 0.3 is 10.3 Å². The minimum absolute atomic E-state index is 0.0534. The van der Waals surface area contributed by atoms with Crippen molar-refractivity contribution in [2.75, 3.05) is 0 Å². The number of pyridine rings is 1. The van der Waals surface area contributed by atoms with Crippen molar-refractivity contribution in [2.24, 2.45) is 5.14 Å². The van der Waals surface area contributed by atoms with Gasteiger partial charge in [0.05, 0.1) is 6.61 Å². The highest BCUT2D eigenvalue weighted by Gasteiger charge is 2.02. The molecule has 1 aromatic heterocycles. The van der Waals surface area contributed by atoms with Crippen LogP contribution in [0.1, 0.15) is 11.3 Å². The molecule has 0 fully saturated rings. The largest absolute Gasteiger partial charge is 0.333 e. The van der Waals surface area contributed by atoms with Crippen LogP contribution in [0.3, 0.4) is 0 Å². The van der Waals surface area contributed by atoms with Crippen molar-refractivity contribution in [2.45, 2.75) is 13.5 Å². The van der Waals surface area contributed by atoms with Gasteiger partial charge in [0.15, 0.2) is 0 Å². The number of nitrogens with zero attached hydrogens (tertiary/aromatic N) is 1. The Morgan fingerprint density at radius 2 is 2.31 bits per heavy atom. The second kappa shape index (κ2) is 3.82. The van der Waals surface area contributed by atoms with Crippen molar-refractivity contribution in [3.05, 3.63) is 29.6 Å². The Labute approximate surface area is 76.8 Å². The fourth-order valence-corrected chi connectivity index (χ4v) is 1.14. The smallest absolute Gasteiger partial charge is 0.262 e. The summed E-state index contributed by atoms with van der Waals surface area (Å²) < 4.78 is 25.3. The molecule has 0 radical (unpaired) electrons. The molecule has 2 N–H and O–H groups in total. The number of rotatable bonds is 3. The lowest BCUT2D eigenvalue weighted by atomic mass is 10.2. The molecule has 0 saturated heterocycles. The van der Waals surface area contributed by atoms with Crippen molar-refractivity contribution >= 4 is 10.3 Å². The number of nitrogens with two attached hydrogens (primary N) is 1. The number of aryl methyl sites for hydroxylation is 1. The zero-order valence-corrected chi connectivity index (χ0v) is 7.91. The van der Waals surface area contributed by atoms with Gasteiger partial charge in [0.1, 0.15) is 0 Å². The number of hydrogen-bond donors (Lipinski definition) is 1. The lowest BCUT2D eigenvalue weighted by Gasteiger charge is -2.01. The molecule has 5 nitrogen and oxygen atoms in total. The van der Waals surface area contributed by atoms with Crippen LogP contribution in [-0.2, 0) is 21.1 Å². The lowest BCUT2D eigenvalue weighted by Crippen LogP contribution is -2.15. The Hall–Kier alpha value is -0.980. The van der Waals surface area contributed by atoms with Crippen LogP contribution in [0, 0.1) is 6.92 Å². The normalized spacial score (nSPS) is 11.5. The van der Waals surface area contributed by atoms with E-state index in [-0.39, 0.29) is 6.61 Å². The Balaban J connectivity index is 2.65. The van der Waals surface area contributed by atoms with Gasteiger partial charge in [-0.3, -0.25) is 9.17 Å². The first-order chi connectivity index (χ1) is 5.97. The van der Waals surface area contributed by atoms with Gasteiger partial charge in [0.2, 0.25) is 0 Å². The van der Waals surface area contributed by atoms with E-state index in [4.69, 9.17) is 0 Å². The van der Waals surface area contributed by atoms with Crippen LogP contribution in [-0.4, -0.2) is 13.4 Å². The molecule has 0 aliphatic rings. The van der Waals surface area contributed by atoms with Gasteiger partial charge < -0.3 is 0 Å². The average Bonchev–Trinajstić information content (AvgIpc) is 2.00. The van der Waals surface area contributed by atoms with Gasteiger partial charge in [-0.1, -0.05) is 0 Å². The average molecular weight is 202 g/mol. The fraction of sp³-hybridized carbons (Fsp3) is 0.286. The predicted octanol–water partition coefficient (Wildman–Crippen LogP) is 0.110. The van der Waals surface area contributed by atoms with E-state index >= 15 is 0 Å². The van der Waals surface area contributed by atoms with Crippen LogP contribution in [0.2, 0.25) is 0 Å². The summed E-state index contributed by atoms with van der Waals surface area (Å²) in [5.74, 6) is 0. The maximum Gasteiger partial charge on any atom is 0.333 e. The Morgan fingerprint density at radius 1 is 1.62 bits per heavy atom. The first kappa shape index (κ1) is 10.1. The molecule has 1 aromatic rings. The molecule has 0 spiro atoms. The van der Waals surface area contributed by atoms with E-state index in [1.54, 1.807) is 25.3 Å². The molecule has 0 amide bonds. The molecule has 0 aromatic carbocycles. The van der Waals surface area contributed by atoms with Gasteiger partial charge in [0, 0.05) is 11.9 Å². The van der Waals surface area contributed by atoms with Crippen molar-refractivity contribution in [3.8, 4) is 0 Å². The molecule has 0 aliphatic carbocycles. The summed E-state index contributed by atoms with van der Waals surface area (Å²) in [5.41, 5.74) is 1.53. The monoisotopic (exact) mass is 202 g/mol. The first-order valence-electron chi connectivity index (χ1n) is 3.56. The minimum Gasteiger partial charge on any atom is -0.262 e. The Kier molecular flexibility index (Phi) is 2.97. The molecule has 0 bridgehead atoms. The summed E-state index contributed by atoms with van der Waals surface area (Å²) in [6.45, 7) is 1.75. The number of hydrogen-bond acceptors (Lipinski definition) is 4. The molecule has 0 aliphatic heterocycles.